The second-order valence-corrected chi connectivity index (χ2v) is 8.58. The zero-order valence-electron chi connectivity index (χ0n) is 17.0. The molecule has 0 heterocycles. The third-order valence-corrected chi connectivity index (χ3v) is 5.51. The average Bonchev–Trinajstić information content (AvgIpc) is 2.61. The van der Waals surface area contributed by atoms with Crippen molar-refractivity contribution in [3.63, 3.8) is 0 Å². The predicted molar refractivity (Wildman–Crippen MR) is 114 cm³/mol. The van der Waals surface area contributed by atoms with Gasteiger partial charge >= 0.3 is 0 Å². The highest BCUT2D eigenvalue weighted by molar-refractivity contribution is 7.92. The lowest BCUT2D eigenvalue weighted by atomic mass is 10.1. The first-order valence-corrected chi connectivity index (χ1v) is 11.1. The van der Waals surface area contributed by atoms with Gasteiger partial charge in [-0.15, -0.1) is 0 Å². The molecule has 28 heavy (non-hydrogen) atoms. The molecule has 0 saturated carbocycles. The van der Waals surface area contributed by atoms with Crippen LogP contribution >= 0.6 is 0 Å². The smallest absolute Gasteiger partial charge is 0.248 e. The first-order chi connectivity index (χ1) is 13.2. The van der Waals surface area contributed by atoms with Gasteiger partial charge in [0.25, 0.3) is 0 Å². The van der Waals surface area contributed by atoms with Gasteiger partial charge in [0.2, 0.25) is 15.9 Å². The molecule has 0 spiro atoms. The zero-order valence-corrected chi connectivity index (χ0v) is 17.8. The molecule has 6 nitrogen and oxygen atoms in total. The predicted octanol–water partition coefficient (Wildman–Crippen LogP) is 3.89. The number of hydrogen-bond donors (Lipinski definition) is 1. The summed E-state index contributed by atoms with van der Waals surface area (Å²) >= 11 is 0. The summed E-state index contributed by atoms with van der Waals surface area (Å²) in [5.74, 6) is 0.255. The summed E-state index contributed by atoms with van der Waals surface area (Å²) in [7, 11) is -3.67. The third kappa shape index (κ3) is 5.25. The first kappa shape index (κ1) is 21.8. The van der Waals surface area contributed by atoms with E-state index in [0.717, 1.165) is 17.4 Å². The molecule has 0 radical (unpaired) electrons. The molecule has 0 aliphatic carbocycles. The Balaban J connectivity index is 2.39. The molecule has 1 amide bonds. The molecule has 0 saturated heterocycles. The number of rotatable bonds is 8. The molecular weight excluding hydrogens is 376 g/mol. The summed E-state index contributed by atoms with van der Waals surface area (Å²) in [6.07, 6.45) is 1.46. The molecule has 2 rings (SSSR count). The van der Waals surface area contributed by atoms with Crippen molar-refractivity contribution in [2.75, 3.05) is 22.5 Å². The van der Waals surface area contributed by atoms with Crippen molar-refractivity contribution in [3.8, 4) is 5.75 Å². The van der Waals surface area contributed by atoms with E-state index < -0.39 is 16.1 Å². The van der Waals surface area contributed by atoms with E-state index >= 15 is 0 Å². The summed E-state index contributed by atoms with van der Waals surface area (Å²) in [5.41, 5.74) is 2.80. The number of amides is 1. The van der Waals surface area contributed by atoms with Gasteiger partial charge in [0.1, 0.15) is 11.8 Å². The SMILES string of the molecule is CCOc1cccc(NC(=O)[C@H](CC)N(c2cc(C)ccc2C)S(C)(=O)=O)c1. The summed E-state index contributed by atoms with van der Waals surface area (Å²) in [6, 6.07) is 11.7. The molecule has 2 aromatic carbocycles. The molecule has 0 aromatic heterocycles. The van der Waals surface area contributed by atoms with Crippen molar-refractivity contribution in [2.45, 2.75) is 40.2 Å². The number of sulfonamides is 1. The Labute approximate surface area is 167 Å². The van der Waals surface area contributed by atoms with Crippen LogP contribution in [0.3, 0.4) is 0 Å². The molecule has 0 aliphatic heterocycles. The summed E-state index contributed by atoms with van der Waals surface area (Å²) in [5, 5.41) is 2.82. The molecule has 1 N–H and O–H groups in total. The largest absolute Gasteiger partial charge is 0.494 e. The Kier molecular flexibility index (Phi) is 7.07. The van der Waals surface area contributed by atoms with E-state index in [4.69, 9.17) is 4.74 Å². The number of carbonyl (C=O) groups is 1. The summed E-state index contributed by atoms with van der Waals surface area (Å²) in [4.78, 5) is 13.0. The molecule has 0 aliphatic rings. The standard InChI is InChI=1S/C21H28N2O4S/c1-6-19(21(24)22-17-9-8-10-18(14-17)27-7-2)23(28(5,25)26)20-13-15(3)11-12-16(20)4/h8-14,19H,6-7H2,1-5H3,(H,22,24)/t19-/m0/s1. The lowest BCUT2D eigenvalue weighted by Crippen LogP contribution is -2.47. The zero-order chi connectivity index (χ0) is 20.9. The minimum absolute atomic E-state index is 0.331. The van der Waals surface area contributed by atoms with Gasteiger partial charge in [0.05, 0.1) is 18.6 Å². The molecule has 0 unspecified atom stereocenters. The molecule has 152 valence electrons. The number of anilines is 2. The molecule has 0 bridgehead atoms. The molecule has 0 fully saturated rings. The van der Waals surface area contributed by atoms with Crippen LogP contribution < -0.4 is 14.4 Å². The number of carbonyl (C=O) groups excluding carboxylic acids is 1. The van der Waals surface area contributed by atoms with Gasteiger partial charge in [-0.05, 0) is 56.5 Å². The van der Waals surface area contributed by atoms with Crippen molar-refractivity contribution in [1.82, 2.24) is 0 Å². The monoisotopic (exact) mass is 404 g/mol. The van der Waals surface area contributed by atoms with Crippen molar-refractivity contribution in [3.05, 3.63) is 53.6 Å². The third-order valence-electron chi connectivity index (χ3n) is 4.34. The highest BCUT2D eigenvalue weighted by Gasteiger charge is 2.32. The summed E-state index contributed by atoms with van der Waals surface area (Å²) in [6.45, 7) is 7.92. The summed E-state index contributed by atoms with van der Waals surface area (Å²) < 4.78 is 31.9. The molecule has 1 atom stereocenters. The maximum atomic E-state index is 13.0. The van der Waals surface area contributed by atoms with Gasteiger partial charge in [0.15, 0.2) is 0 Å². The lowest BCUT2D eigenvalue weighted by molar-refractivity contribution is -0.117. The van der Waals surface area contributed by atoms with Crippen molar-refractivity contribution in [1.29, 1.82) is 0 Å². The topological polar surface area (TPSA) is 75.7 Å². The van der Waals surface area contributed by atoms with Gasteiger partial charge < -0.3 is 10.1 Å². The van der Waals surface area contributed by atoms with Crippen LogP contribution in [0.15, 0.2) is 42.5 Å². The van der Waals surface area contributed by atoms with Crippen LogP contribution in [-0.4, -0.2) is 33.2 Å². The van der Waals surface area contributed by atoms with E-state index in [0.29, 0.717) is 30.2 Å². The van der Waals surface area contributed by atoms with Crippen LogP contribution in [0.25, 0.3) is 0 Å². The number of hydrogen-bond acceptors (Lipinski definition) is 4. The van der Waals surface area contributed by atoms with Crippen LogP contribution in [0.2, 0.25) is 0 Å². The number of benzene rings is 2. The number of nitrogens with one attached hydrogen (secondary N) is 1. The molecule has 7 heteroatoms. The number of aryl methyl sites for hydroxylation is 2. The van der Waals surface area contributed by atoms with E-state index in [9.17, 15) is 13.2 Å². The number of ether oxygens (including phenoxy) is 1. The lowest BCUT2D eigenvalue weighted by Gasteiger charge is -2.31. The van der Waals surface area contributed by atoms with Gasteiger partial charge in [-0.3, -0.25) is 9.10 Å². The van der Waals surface area contributed by atoms with E-state index in [1.54, 1.807) is 37.3 Å². The second kappa shape index (κ2) is 9.10. The minimum atomic E-state index is -3.67. The van der Waals surface area contributed by atoms with Gasteiger partial charge in [-0.25, -0.2) is 8.42 Å². The fourth-order valence-electron chi connectivity index (χ4n) is 3.05. The minimum Gasteiger partial charge on any atom is -0.494 e. The van der Waals surface area contributed by atoms with Gasteiger partial charge in [-0.2, -0.15) is 0 Å². The van der Waals surface area contributed by atoms with Crippen LogP contribution in [0.1, 0.15) is 31.4 Å². The van der Waals surface area contributed by atoms with Crippen LogP contribution in [0, 0.1) is 13.8 Å². The molecule has 2 aromatic rings. The Hall–Kier alpha value is -2.54. The van der Waals surface area contributed by atoms with Crippen LogP contribution in [0.4, 0.5) is 11.4 Å². The fourth-order valence-corrected chi connectivity index (χ4v) is 4.31. The van der Waals surface area contributed by atoms with Gasteiger partial charge in [-0.1, -0.05) is 25.1 Å². The van der Waals surface area contributed by atoms with Crippen molar-refractivity contribution >= 4 is 27.3 Å². The first-order valence-electron chi connectivity index (χ1n) is 9.27. The maximum Gasteiger partial charge on any atom is 0.248 e. The Bertz CT molecular complexity index is 941. The second-order valence-electron chi connectivity index (χ2n) is 6.72. The normalized spacial score (nSPS) is 12.3. The van der Waals surface area contributed by atoms with Crippen molar-refractivity contribution in [2.24, 2.45) is 0 Å². The average molecular weight is 405 g/mol. The maximum absolute atomic E-state index is 13.0. The Morgan fingerprint density at radius 2 is 1.86 bits per heavy atom. The van der Waals surface area contributed by atoms with Crippen molar-refractivity contribution < 1.29 is 17.9 Å². The van der Waals surface area contributed by atoms with E-state index in [1.807, 2.05) is 32.9 Å². The highest BCUT2D eigenvalue weighted by atomic mass is 32.2. The molecular formula is C21H28N2O4S. The van der Waals surface area contributed by atoms with E-state index in [-0.39, 0.29) is 5.91 Å². The van der Waals surface area contributed by atoms with E-state index in [2.05, 4.69) is 5.32 Å². The van der Waals surface area contributed by atoms with E-state index in [1.165, 1.54) is 4.31 Å². The van der Waals surface area contributed by atoms with Crippen LogP contribution in [-0.2, 0) is 14.8 Å². The Morgan fingerprint density at radius 3 is 2.46 bits per heavy atom. The van der Waals surface area contributed by atoms with Crippen LogP contribution in [0.5, 0.6) is 5.75 Å². The Morgan fingerprint density at radius 1 is 1.14 bits per heavy atom. The highest BCUT2D eigenvalue weighted by Crippen LogP contribution is 2.28. The quantitative estimate of drug-likeness (QED) is 0.724. The number of nitrogens with zero attached hydrogens (tertiary/aromatic N) is 1. The van der Waals surface area contributed by atoms with Gasteiger partial charge in [0, 0.05) is 11.8 Å². The fraction of sp³-hybridized carbons (Fsp3) is 0.381.